The zero-order chi connectivity index (χ0) is 15.1. The minimum Gasteiger partial charge on any atom is -0.479 e. The van der Waals surface area contributed by atoms with Crippen LogP contribution in [0.3, 0.4) is 0 Å². The van der Waals surface area contributed by atoms with Crippen LogP contribution in [0, 0.1) is 5.92 Å². The van der Waals surface area contributed by atoms with Gasteiger partial charge in [0.1, 0.15) is 0 Å². The quantitative estimate of drug-likeness (QED) is 0.516. The molecule has 0 saturated carbocycles. The van der Waals surface area contributed by atoms with Gasteiger partial charge in [0.25, 0.3) is 0 Å². The molecule has 1 saturated heterocycles. The van der Waals surface area contributed by atoms with Crippen LogP contribution in [-0.2, 0) is 9.59 Å². The van der Waals surface area contributed by atoms with Crippen molar-refractivity contribution in [2.24, 2.45) is 5.92 Å². The van der Waals surface area contributed by atoms with Crippen LogP contribution in [0.2, 0.25) is 0 Å². The van der Waals surface area contributed by atoms with E-state index in [0.29, 0.717) is 13.1 Å². The first-order chi connectivity index (χ1) is 9.45. The number of aliphatic carboxylic acids is 1. The monoisotopic (exact) mass is 287 g/mol. The van der Waals surface area contributed by atoms with Crippen molar-refractivity contribution in [1.29, 1.82) is 0 Å². The third kappa shape index (κ3) is 4.69. The van der Waals surface area contributed by atoms with Crippen LogP contribution < -0.4 is 10.6 Å². The zero-order valence-electron chi connectivity index (χ0n) is 11.5. The second-order valence-corrected chi connectivity index (χ2v) is 4.77. The first-order valence-electron chi connectivity index (χ1n) is 6.61. The average Bonchev–Trinajstić information content (AvgIpc) is 2.46. The molecule has 2 unspecified atom stereocenters. The molecule has 8 heteroatoms. The van der Waals surface area contributed by atoms with Crippen molar-refractivity contribution < 1.29 is 24.6 Å². The number of piperidine rings is 1. The number of carboxylic acid groups (broad SMARTS) is 1. The molecular weight excluding hydrogens is 266 g/mol. The smallest absolute Gasteiger partial charge is 0.332 e. The Morgan fingerprint density at radius 3 is 2.70 bits per heavy atom. The van der Waals surface area contributed by atoms with Crippen LogP contribution in [0.25, 0.3) is 0 Å². The van der Waals surface area contributed by atoms with Gasteiger partial charge in [0, 0.05) is 33.1 Å². The number of aliphatic hydroxyl groups is 1. The molecule has 114 valence electrons. The number of amides is 3. The van der Waals surface area contributed by atoms with Gasteiger partial charge < -0.3 is 25.7 Å². The third-order valence-corrected chi connectivity index (χ3v) is 3.30. The Morgan fingerprint density at radius 2 is 2.10 bits per heavy atom. The van der Waals surface area contributed by atoms with Gasteiger partial charge in [0.15, 0.2) is 6.10 Å². The summed E-state index contributed by atoms with van der Waals surface area (Å²) in [5, 5.41) is 22.7. The predicted molar refractivity (Wildman–Crippen MR) is 70.0 cm³/mol. The molecule has 0 aromatic heterocycles. The maximum absolute atomic E-state index is 11.9. The summed E-state index contributed by atoms with van der Waals surface area (Å²) in [7, 11) is 1.56. The Labute approximate surface area is 117 Å². The molecule has 8 nitrogen and oxygen atoms in total. The predicted octanol–water partition coefficient (Wildman–Crippen LogP) is -1.01. The molecule has 0 radical (unpaired) electrons. The molecule has 1 fully saturated rings. The molecule has 1 aliphatic heterocycles. The normalized spacial score (nSPS) is 20.1. The average molecular weight is 287 g/mol. The van der Waals surface area contributed by atoms with Crippen molar-refractivity contribution in [1.82, 2.24) is 15.5 Å². The number of rotatable bonds is 5. The number of nitrogens with one attached hydrogen (secondary N) is 2. The fourth-order valence-corrected chi connectivity index (χ4v) is 2.13. The summed E-state index contributed by atoms with van der Waals surface area (Å²) in [6.07, 6.45) is -0.0200. The molecule has 0 aromatic carbocycles. The van der Waals surface area contributed by atoms with E-state index in [4.69, 9.17) is 10.2 Å². The maximum Gasteiger partial charge on any atom is 0.332 e. The third-order valence-electron chi connectivity index (χ3n) is 3.30. The number of likely N-dealkylation sites (tertiary alicyclic amines) is 1. The minimum absolute atomic E-state index is 0.0478. The number of aliphatic hydroxyl groups excluding tert-OH is 1. The van der Waals surface area contributed by atoms with Crippen LogP contribution in [0.15, 0.2) is 0 Å². The van der Waals surface area contributed by atoms with E-state index >= 15 is 0 Å². The molecule has 1 heterocycles. The zero-order valence-corrected chi connectivity index (χ0v) is 11.5. The molecule has 3 amide bonds. The summed E-state index contributed by atoms with van der Waals surface area (Å²) in [6.45, 7) is 1.00. The lowest BCUT2D eigenvalue weighted by Gasteiger charge is -2.31. The number of hydrogen-bond donors (Lipinski definition) is 4. The summed E-state index contributed by atoms with van der Waals surface area (Å²) >= 11 is 0. The second kappa shape index (κ2) is 7.68. The number of nitrogens with zero attached hydrogens (tertiary/aromatic N) is 1. The molecule has 0 spiro atoms. The van der Waals surface area contributed by atoms with E-state index in [2.05, 4.69) is 10.6 Å². The number of carbonyl (C=O) groups excluding carboxylic acids is 2. The summed E-state index contributed by atoms with van der Waals surface area (Å²) in [4.78, 5) is 35.4. The number of carboxylic acids is 1. The highest BCUT2D eigenvalue weighted by Crippen LogP contribution is 2.16. The van der Waals surface area contributed by atoms with Crippen molar-refractivity contribution in [3.8, 4) is 0 Å². The molecule has 1 rings (SSSR count). The fraction of sp³-hybridized carbons (Fsp3) is 0.750. The van der Waals surface area contributed by atoms with Gasteiger partial charge in [0.2, 0.25) is 5.91 Å². The Balaban J connectivity index is 2.35. The van der Waals surface area contributed by atoms with Gasteiger partial charge in [-0.05, 0) is 12.8 Å². The van der Waals surface area contributed by atoms with E-state index in [0.717, 1.165) is 12.8 Å². The van der Waals surface area contributed by atoms with Crippen molar-refractivity contribution in [3.63, 3.8) is 0 Å². The first-order valence-corrected chi connectivity index (χ1v) is 6.61. The van der Waals surface area contributed by atoms with Crippen molar-refractivity contribution >= 4 is 17.9 Å². The lowest BCUT2D eigenvalue weighted by Crippen LogP contribution is -2.49. The Kier molecular flexibility index (Phi) is 6.23. The maximum atomic E-state index is 11.9. The molecule has 20 heavy (non-hydrogen) atoms. The summed E-state index contributed by atoms with van der Waals surface area (Å²) < 4.78 is 0. The van der Waals surface area contributed by atoms with Gasteiger partial charge >= 0.3 is 12.0 Å². The Hall–Kier alpha value is -1.83. The van der Waals surface area contributed by atoms with Crippen LogP contribution >= 0.6 is 0 Å². The molecular formula is C12H21N3O5. The molecule has 0 bridgehead atoms. The highest BCUT2D eigenvalue weighted by Gasteiger charge is 2.27. The Morgan fingerprint density at radius 1 is 1.40 bits per heavy atom. The highest BCUT2D eigenvalue weighted by atomic mass is 16.4. The lowest BCUT2D eigenvalue weighted by molar-refractivity contribution is -0.146. The standard InChI is InChI=1S/C12H21N3O5/c1-13-10(17)8-3-2-6-15(7-8)12(20)14-5-4-9(16)11(18)19/h8-9,16H,2-7H2,1H3,(H,13,17)(H,14,20)(H,18,19). The van der Waals surface area contributed by atoms with E-state index in [1.807, 2.05) is 0 Å². The largest absolute Gasteiger partial charge is 0.479 e. The first kappa shape index (κ1) is 16.2. The number of carbonyl (C=O) groups is 3. The summed E-state index contributed by atoms with van der Waals surface area (Å²) in [6, 6.07) is -0.337. The van der Waals surface area contributed by atoms with E-state index < -0.39 is 12.1 Å². The van der Waals surface area contributed by atoms with Crippen molar-refractivity contribution in [3.05, 3.63) is 0 Å². The minimum atomic E-state index is -1.48. The molecule has 4 N–H and O–H groups in total. The summed E-state index contributed by atoms with van der Waals surface area (Å²) in [5.41, 5.74) is 0. The molecule has 0 aromatic rings. The lowest BCUT2D eigenvalue weighted by atomic mass is 9.97. The molecule has 1 aliphatic rings. The van der Waals surface area contributed by atoms with E-state index in [-0.39, 0.29) is 30.8 Å². The van der Waals surface area contributed by atoms with Gasteiger partial charge in [0.05, 0.1) is 5.92 Å². The van der Waals surface area contributed by atoms with Gasteiger partial charge in [-0.15, -0.1) is 0 Å². The number of hydrogen-bond acceptors (Lipinski definition) is 4. The van der Waals surface area contributed by atoms with Crippen molar-refractivity contribution in [2.75, 3.05) is 26.7 Å². The fourth-order valence-electron chi connectivity index (χ4n) is 2.13. The Bertz CT molecular complexity index is 374. The van der Waals surface area contributed by atoms with Gasteiger partial charge in [-0.1, -0.05) is 0 Å². The van der Waals surface area contributed by atoms with Crippen molar-refractivity contribution in [2.45, 2.75) is 25.4 Å². The second-order valence-electron chi connectivity index (χ2n) is 4.77. The van der Waals surface area contributed by atoms with Crippen LogP contribution in [0.1, 0.15) is 19.3 Å². The van der Waals surface area contributed by atoms with Gasteiger partial charge in [-0.3, -0.25) is 4.79 Å². The van der Waals surface area contributed by atoms with E-state index in [9.17, 15) is 14.4 Å². The SMILES string of the molecule is CNC(=O)C1CCCN(C(=O)NCCC(O)C(=O)O)C1. The summed E-state index contributed by atoms with van der Waals surface area (Å²) in [5.74, 6) is -1.59. The molecule has 2 atom stereocenters. The molecule has 0 aliphatic carbocycles. The van der Waals surface area contributed by atoms with Crippen LogP contribution in [0.4, 0.5) is 4.79 Å². The highest BCUT2D eigenvalue weighted by molar-refractivity contribution is 5.80. The van der Waals surface area contributed by atoms with E-state index in [1.54, 1.807) is 7.05 Å². The van der Waals surface area contributed by atoms with Gasteiger partial charge in [-0.2, -0.15) is 0 Å². The number of urea groups is 1. The van der Waals surface area contributed by atoms with E-state index in [1.165, 1.54) is 4.90 Å². The van der Waals surface area contributed by atoms with Crippen LogP contribution in [0.5, 0.6) is 0 Å². The topological polar surface area (TPSA) is 119 Å². The van der Waals surface area contributed by atoms with Gasteiger partial charge in [-0.25, -0.2) is 9.59 Å². The van der Waals surface area contributed by atoms with Crippen LogP contribution in [-0.4, -0.2) is 65.8 Å².